The van der Waals surface area contributed by atoms with Gasteiger partial charge in [0.2, 0.25) is 5.75 Å². The number of epoxide rings is 7. The molecule has 0 aliphatic carbocycles. The normalized spacial score (nSPS) is 16.4. The van der Waals surface area contributed by atoms with Crippen molar-refractivity contribution in [3.63, 3.8) is 0 Å². The molecule has 0 aromatic heterocycles. The Morgan fingerprint density at radius 2 is 0.564 bits per heavy atom. The minimum absolute atomic E-state index is 0.0374. The highest BCUT2D eigenvalue weighted by Crippen LogP contribution is 2.43. The molecule has 7 heterocycles. The highest BCUT2D eigenvalue weighted by molar-refractivity contribution is 5.90. The summed E-state index contributed by atoms with van der Waals surface area (Å²) in [5, 5.41) is 0. The summed E-state index contributed by atoms with van der Waals surface area (Å²) in [6, 6.07) is 39.3. The summed E-state index contributed by atoms with van der Waals surface area (Å²) in [6.07, 6.45) is 2.06. The van der Waals surface area contributed by atoms with Crippen LogP contribution in [0.4, 0.5) is 0 Å². The second-order valence-corrected chi connectivity index (χ2v) is 38.2. The molecule has 0 saturated carbocycles. The van der Waals surface area contributed by atoms with E-state index in [0.29, 0.717) is 175 Å². The van der Waals surface area contributed by atoms with Gasteiger partial charge in [-0.15, -0.1) is 0 Å². The van der Waals surface area contributed by atoms with Crippen LogP contribution in [0.25, 0.3) is 0 Å². The van der Waals surface area contributed by atoms with Crippen molar-refractivity contribution in [1.82, 2.24) is 0 Å². The number of ether oxygens (including phenoxy) is 25. The minimum atomic E-state index is -0.474. The lowest BCUT2D eigenvalue weighted by molar-refractivity contribution is -0.141. The maximum Gasteiger partial charge on any atom is 0.338 e. The molecule has 7 atom stereocenters. The molecule has 7 fully saturated rings. The Kier molecular flexibility index (Phi) is 48.4. The van der Waals surface area contributed by atoms with Gasteiger partial charge >= 0.3 is 47.8 Å². The average Bonchev–Trinajstić information content (AvgIpc) is 1.63. The Hall–Kier alpha value is -13.9. The van der Waals surface area contributed by atoms with E-state index < -0.39 is 29.8 Å². The van der Waals surface area contributed by atoms with E-state index in [0.717, 1.165) is 100 Å². The SMILES string of the molecule is C=C(C)C(=O)OCCc1ccc(OCC2CO2)cc1.C=C(C)C(=O)OCc1cc(C(C)(C)C)c(OCC2CO2)c(C(C)(C)C)c1.C=C(C)C(=O)OCc1cc(C)cc(COC(=O)C(=C)C)c1OCC1CO1.C=C(C)C(=O)OCc1cc(OC)c(OCC2CO2)c(OC)c1.C=C(C)C(=O)OCc1ccc(OCC2CO2)c(OC)c1.C=C(C)C(=O)OCc1ccc(OCC2CO2)cc1.C=C(C)C(=O)Oc1ccc(COCC2CO2)cc1. The summed E-state index contributed by atoms with van der Waals surface area (Å²) in [4.78, 5) is 91.6. The Morgan fingerprint density at radius 1 is 0.282 bits per heavy atom. The van der Waals surface area contributed by atoms with Crippen molar-refractivity contribution in [3.8, 4) is 57.5 Å². The number of carbonyl (C=O) groups is 8. The van der Waals surface area contributed by atoms with E-state index in [1.165, 1.54) is 0 Å². The zero-order chi connectivity index (χ0) is 109. The van der Waals surface area contributed by atoms with Crippen LogP contribution >= 0.6 is 0 Å². The summed E-state index contributed by atoms with van der Waals surface area (Å²) in [5.74, 6) is 3.10. The molecule has 33 heteroatoms. The molecule has 14 rings (SSSR count). The van der Waals surface area contributed by atoms with Crippen LogP contribution in [0.1, 0.15) is 158 Å². The zero-order valence-electron chi connectivity index (χ0n) is 89.1. The molecule has 7 unspecified atom stereocenters. The molecule has 7 aromatic rings. The van der Waals surface area contributed by atoms with Crippen LogP contribution < -0.4 is 47.4 Å². The number of hydrogen-bond donors (Lipinski definition) is 0. The smallest absolute Gasteiger partial charge is 0.338 e. The van der Waals surface area contributed by atoms with Crippen LogP contribution in [0.5, 0.6) is 57.5 Å². The minimum Gasteiger partial charge on any atom is -0.493 e. The number of benzene rings is 7. The molecular weight excluding hydrogens is 1920 g/mol. The molecule has 33 nitrogen and oxygen atoms in total. The van der Waals surface area contributed by atoms with Crippen molar-refractivity contribution in [2.75, 3.05) is 120 Å². The fraction of sp³-hybridized carbons (Fsp3) is 0.431. The third-order valence-corrected chi connectivity index (χ3v) is 21.4. The molecule has 0 bridgehead atoms. The van der Waals surface area contributed by atoms with E-state index in [1.54, 1.807) is 113 Å². The first kappa shape index (κ1) is 120. The fourth-order valence-corrected chi connectivity index (χ4v) is 12.3. The van der Waals surface area contributed by atoms with E-state index in [-0.39, 0.29) is 111 Å². The van der Waals surface area contributed by atoms with Gasteiger partial charge in [0.15, 0.2) is 23.0 Å². The molecule has 0 radical (unpaired) electrons. The monoisotopic (exact) mass is 2060 g/mol. The number of rotatable bonds is 49. The van der Waals surface area contributed by atoms with Crippen molar-refractivity contribution in [2.45, 2.75) is 210 Å². The average molecular weight is 2070 g/mol. The molecule has 806 valence electrons. The first-order valence-electron chi connectivity index (χ1n) is 48.6. The van der Waals surface area contributed by atoms with Gasteiger partial charge in [-0.2, -0.15) is 0 Å². The highest BCUT2D eigenvalue weighted by atomic mass is 16.6. The molecule has 7 saturated heterocycles. The topological polar surface area (TPSA) is 390 Å². The van der Waals surface area contributed by atoms with Gasteiger partial charge in [0.25, 0.3) is 0 Å². The van der Waals surface area contributed by atoms with Gasteiger partial charge in [0.05, 0.1) is 87.4 Å². The zero-order valence-corrected chi connectivity index (χ0v) is 89.1. The number of carbonyl (C=O) groups excluding carboxylic acids is 8. The first-order chi connectivity index (χ1) is 70.8. The van der Waals surface area contributed by atoms with E-state index in [9.17, 15) is 38.4 Å². The van der Waals surface area contributed by atoms with Crippen LogP contribution in [0.15, 0.2) is 225 Å². The predicted octanol–water partition coefficient (Wildman–Crippen LogP) is 18.2. The van der Waals surface area contributed by atoms with Crippen LogP contribution in [0.2, 0.25) is 0 Å². The molecule has 7 aromatic carbocycles. The lowest BCUT2D eigenvalue weighted by atomic mass is 9.78. The lowest BCUT2D eigenvalue weighted by Gasteiger charge is -2.30. The largest absolute Gasteiger partial charge is 0.493 e. The van der Waals surface area contributed by atoms with E-state index in [2.05, 4.69) is 106 Å². The Morgan fingerprint density at radius 3 is 0.919 bits per heavy atom. The summed E-state index contributed by atoms with van der Waals surface area (Å²) in [7, 11) is 4.65. The van der Waals surface area contributed by atoms with Gasteiger partial charge in [-0.05, 0) is 191 Å². The maximum atomic E-state index is 11.8. The maximum absolute atomic E-state index is 11.8. The van der Waals surface area contributed by atoms with Gasteiger partial charge in [0, 0.05) is 73.3 Å². The van der Waals surface area contributed by atoms with Crippen molar-refractivity contribution in [1.29, 1.82) is 0 Å². The van der Waals surface area contributed by atoms with Crippen LogP contribution in [-0.2, 0) is 173 Å². The first-order valence-corrected chi connectivity index (χ1v) is 48.6. The van der Waals surface area contributed by atoms with E-state index in [4.69, 9.17) is 118 Å². The summed E-state index contributed by atoms with van der Waals surface area (Å²) in [6.45, 7) is 67.0. The molecule has 7 aliphatic heterocycles. The predicted molar refractivity (Wildman–Crippen MR) is 555 cm³/mol. The lowest BCUT2D eigenvalue weighted by Crippen LogP contribution is -2.22. The Balaban J connectivity index is 0.000000213. The molecule has 0 spiro atoms. The molecule has 7 aliphatic rings. The van der Waals surface area contributed by atoms with Gasteiger partial charge in [-0.1, -0.05) is 142 Å². The van der Waals surface area contributed by atoms with Crippen molar-refractivity contribution in [3.05, 3.63) is 286 Å². The van der Waals surface area contributed by atoms with E-state index in [1.807, 2.05) is 85.8 Å². The van der Waals surface area contributed by atoms with Crippen molar-refractivity contribution >= 4 is 47.8 Å². The Bertz CT molecular complexity index is 5630. The van der Waals surface area contributed by atoms with Gasteiger partial charge in [-0.25, -0.2) is 38.4 Å². The second-order valence-electron chi connectivity index (χ2n) is 38.2. The second kappa shape index (κ2) is 59.9. The van der Waals surface area contributed by atoms with Crippen LogP contribution in [-0.4, -0.2) is 211 Å². The molecule has 0 N–H and O–H groups in total. The molecule has 0 amide bonds. The van der Waals surface area contributed by atoms with E-state index >= 15 is 0 Å². The molecule has 149 heavy (non-hydrogen) atoms. The van der Waals surface area contributed by atoms with Gasteiger partial charge in [-0.3, -0.25) is 0 Å². The summed E-state index contributed by atoms with van der Waals surface area (Å²) in [5.41, 5.74) is 12.9. The van der Waals surface area contributed by atoms with Crippen LogP contribution in [0, 0.1) is 6.92 Å². The Labute approximate surface area is 873 Å². The quantitative estimate of drug-likeness (QED) is 0.0112. The fourth-order valence-electron chi connectivity index (χ4n) is 12.3. The summed E-state index contributed by atoms with van der Waals surface area (Å²) >= 11 is 0. The number of aryl methyl sites for hydroxylation is 1. The molecular formula is C116H144O33. The van der Waals surface area contributed by atoms with Gasteiger partial charge in [0.1, 0.15) is 151 Å². The van der Waals surface area contributed by atoms with Crippen molar-refractivity contribution < 1.29 is 157 Å². The standard InChI is InChI=1S/C22H32O4.C20H24O6.C16H20O6.C15H18O5.C15H18O4.2C14H16O4/c1-14(2)20(23)26-11-15-9-17(21(3,4)5)19(25-13-16-12-24-16)18(10-15)22(6,7)8;1-12(2)19(21)25-8-15-6-14(5)7-16(9-26-20(22)13(3)4)18(15)24-11-17-10-23-17;1-10(2)16(17)22-7-11-5-13(18-3)15(14(6-11)19-4)21-9-12-8-20-12;1-10(2)15(16)20-7-11-4-5-13(14(6-11)17-3)19-9-12-8-18-12;1-11(2)15(16)17-8-7-12-3-5-13(6-4-12)18-9-14-10-19-14;1-10(2)14(15)18-7-11-3-5-12(6-4-11)16-8-13-9-17-13;1-10(2)14(15)18-12-5-3-11(4-6-12)7-16-8-13-9-17-13/h9-10,16H,1,11-13H2,2-8H3;6-7,17H,1,3,8-11H2,2,4-5H3;5-6,12H,1,7-9H2,2-4H3;4-6,12H,1,7-9H2,2-3H3;3-6,14H,1,7-10H2,2H3;2*3-6,13H,1,7-9H2,2H3. The van der Waals surface area contributed by atoms with Gasteiger partial charge < -0.3 is 118 Å². The third kappa shape index (κ3) is 46.6. The van der Waals surface area contributed by atoms with Crippen LogP contribution in [0.3, 0.4) is 0 Å². The summed E-state index contributed by atoms with van der Waals surface area (Å²) < 4.78 is 133. The number of hydrogen-bond acceptors (Lipinski definition) is 33. The number of methoxy groups -OCH3 is 3. The van der Waals surface area contributed by atoms with Crippen molar-refractivity contribution in [2.24, 2.45) is 0 Å². The third-order valence-electron chi connectivity index (χ3n) is 21.4. The highest BCUT2D eigenvalue weighted by Gasteiger charge is 2.34. The number of esters is 8.